The molecule has 0 heterocycles. The van der Waals surface area contributed by atoms with E-state index in [9.17, 15) is 0 Å². The van der Waals surface area contributed by atoms with Crippen molar-refractivity contribution < 1.29 is 65.2 Å². The summed E-state index contributed by atoms with van der Waals surface area (Å²) in [5.41, 5.74) is 0. The van der Waals surface area contributed by atoms with Gasteiger partial charge in [0.15, 0.2) is 0 Å². The van der Waals surface area contributed by atoms with Crippen LogP contribution in [0.1, 0.15) is 2.85 Å². The maximum Gasteiger partial charge on any atom is 1.00 e. The van der Waals surface area contributed by atoms with Crippen LogP contribution in [0.25, 0.3) is 0 Å². The third-order valence-corrected chi connectivity index (χ3v) is 0.243. The van der Waals surface area contributed by atoms with E-state index in [0.29, 0.717) is 0 Å². The summed E-state index contributed by atoms with van der Waals surface area (Å²) < 4.78 is 3.47. The monoisotopic (exact) mass is 122 g/mol. The van der Waals surface area contributed by atoms with Gasteiger partial charge >= 0.3 is 52.4 Å². The predicted octanol–water partition coefficient (Wildman–Crippen LogP) is -8.82. The van der Waals surface area contributed by atoms with Gasteiger partial charge in [0.05, 0.1) is 0 Å². The van der Waals surface area contributed by atoms with Crippen molar-refractivity contribution >= 4 is 14.6 Å². The average molecular weight is 122 g/mol. The van der Waals surface area contributed by atoms with E-state index in [4.69, 9.17) is 20.1 Å². The molecule has 0 spiro atoms. The second-order valence-electron chi connectivity index (χ2n) is 0.789. The van der Waals surface area contributed by atoms with E-state index >= 15 is 0 Å². The van der Waals surface area contributed by atoms with Crippen molar-refractivity contribution in [2.45, 2.75) is 0 Å². The second kappa shape index (κ2) is 9.12. The second-order valence-corrected chi connectivity index (χ2v) is 0.789. The van der Waals surface area contributed by atoms with E-state index in [-0.39, 0.29) is 40.6 Å². The molecule has 0 bridgehead atoms. The van der Waals surface area contributed by atoms with Crippen LogP contribution in [0.5, 0.6) is 0 Å². The van der Waals surface area contributed by atoms with Gasteiger partial charge in [0, 0.05) is 0 Å². The van der Waals surface area contributed by atoms with Gasteiger partial charge in [-0.15, -0.1) is 0 Å². The van der Waals surface area contributed by atoms with E-state index in [1.54, 1.807) is 0 Å². The molecule has 0 saturated heterocycles. The van der Waals surface area contributed by atoms with Crippen molar-refractivity contribution in [2.24, 2.45) is 0 Å². The van der Waals surface area contributed by atoms with Gasteiger partial charge in [-0.25, -0.2) is 0 Å². The van der Waals surface area contributed by atoms with Gasteiger partial charge in [0.1, 0.15) is 0 Å². The van der Waals surface area contributed by atoms with E-state index in [1.807, 2.05) is 0 Å². The Morgan fingerprint density at radius 3 is 1.11 bits per heavy atom. The fourth-order valence-electron chi connectivity index (χ4n) is 0.109. The van der Waals surface area contributed by atoms with Gasteiger partial charge in [0.25, 0.3) is 0 Å². The van der Waals surface area contributed by atoms with Crippen LogP contribution in [0.4, 0.5) is 0 Å². The first-order valence-corrected chi connectivity index (χ1v) is 1.50. The molecule has 0 atom stereocenters. The predicted molar refractivity (Wildman–Crippen MR) is 23.7 cm³/mol. The van der Waals surface area contributed by atoms with Crippen LogP contribution in [-0.2, 0) is 4.57 Å². The molecule has 0 unspecified atom stereocenters. The van der Waals surface area contributed by atoms with Crippen LogP contribution >= 0.6 is 0 Å². The molecular formula is H6B2Li2O5. The standard InChI is InChI=1S/B2H4O5.2Li.2H/c3-1(4)7-2(5)6;;;;/h3-6H;;;;/q;2*+1;2*-1. The van der Waals surface area contributed by atoms with Gasteiger partial charge in [-0.3, -0.25) is 0 Å². The van der Waals surface area contributed by atoms with Crippen molar-refractivity contribution in [2.75, 3.05) is 0 Å². The molecule has 0 aliphatic rings. The SMILES string of the molecule is OB(O)OB(O)O.[H-].[H-].[Li+].[Li+]. The Labute approximate surface area is 80.1 Å². The summed E-state index contributed by atoms with van der Waals surface area (Å²) in [7, 11) is -4.25. The topological polar surface area (TPSA) is 90.2 Å². The normalized spacial score (nSPS) is 6.67. The van der Waals surface area contributed by atoms with E-state index in [0.717, 1.165) is 0 Å². The molecule has 5 nitrogen and oxygen atoms in total. The first-order valence-electron chi connectivity index (χ1n) is 1.50. The molecule has 0 rings (SSSR count). The first-order chi connectivity index (χ1) is 3.13. The van der Waals surface area contributed by atoms with E-state index in [2.05, 4.69) is 4.57 Å². The molecule has 0 radical (unpaired) electrons. The average Bonchev–Trinajstić information content (AvgIpc) is 1.27. The zero-order chi connectivity index (χ0) is 5.86. The Bertz CT molecular complexity index is 49.7. The molecule has 0 saturated carbocycles. The summed E-state index contributed by atoms with van der Waals surface area (Å²) in [5, 5.41) is 30.9. The van der Waals surface area contributed by atoms with Crippen molar-refractivity contribution in [3.8, 4) is 0 Å². The van der Waals surface area contributed by atoms with Gasteiger partial charge in [-0.05, 0) is 0 Å². The first kappa shape index (κ1) is 16.6. The van der Waals surface area contributed by atoms with Crippen LogP contribution in [0, 0.1) is 0 Å². The maximum absolute atomic E-state index is 7.74. The fraction of sp³-hybridized carbons (Fsp3) is 0. The number of hydrogen-bond acceptors (Lipinski definition) is 5. The van der Waals surface area contributed by atoms with Crippen molar-refractivity contribution in [1.82, 2.24) is 0 Å². The summed E-state index contributed by atoms with van der Waals surface area (Å²) in [6, 6.07) is 0. The Morgan fingerprint density at radius 2 is 1.11 bits per heavy atom. The maximum atomic E-state index is 7.74. The quantitative estimate of drug-likeness (QED) is 0.273. The van der Waals surface area contributed by atoms with Crippen molar-refractivity contribution in [1.29, 1.82) is 0 Å². The Kier molecular flexibility index (Phi) is 16.8. The molecular weight excluding hydrogens is 116 g/mol. The van der Waals surface area contributed by atoms with Gasteiger partial charge in [-0.1, -0.05) is 0 Å². The third-order valence-electron chi connectivity index (χ3n) is 0.243. The summed E-state index contributed by atoms with van der Waals surface area (Å²) in [4.78, 5) is 0. The van der Waals surface area contributed by atoms with E-state index in [1.165, 1.54) is 0 Å². The molecule has 9 heavy (non-hydrogen) atoms. The van der Waals surface area contributed by atoms with Gasteiger partial charge < -0.3 is 27.5 Å². The zero-order valence-corrected chi connectivity index (χ0v) is 5.35. The molecule has 44 valence electrons. The smallest absolute Gasteiger partial charge is 1.00 e. The number of hydrogen-bond donors (Lipinski definition) is 4. The van der Waals surface area contributed by atoms with Crippen LogP contribution in [-0.4, -0.2) is 34.7 Å². The Hall–Kier alpha value is 1.12. The zero-order valence-electron chi connectivity index (χ0n) is 7.35. The van der Waals surface area contributed by atoms with Crippen LogP contribution in [0.2, 0.25) is 0 Å². The van der Waals surface area contributed by atoms with Gasteiger partial charge in [-0.2, -0.15) is 0 Å². The van der Waals surface area contributed by atoms with Crippen LogP contribution in [0.15, 0.2) is 0 Å². The molecule has 4 N–H and O–H groups in total. The molecule has 0 aromatic rings. The van der Waals surface area contributed by atoms with Crippen LogP contribution < -0.4 is 37.7 Å². The minimum atomic E-state index is -2.13. The molecule has 0 aliphatic carbocycles. The summed E-state index contributed by atoms with van der Waals surface area (Å²) in [5.74, 6) is 0. The minimum Gasteiger partial charge on any atom is -1.00 e. The third kappa shape index (κ3) is 17.6. The molecule has 0 aromatic carbocycles. The Morgan fingerprint density at radius 1 is 0.889 bits per heavy atom. The molecule has 0 fully saturated rings. The molecule has 9 heteroatoms. The Balaban J connectivity index is -0.0000000300. The van der Waals surface area contributed by atoms with Crippen molar-refractivity contribution in [3.63, 3.8) is 0 Å². The van der Waals surface area contributed by atoms with E-state index < -0.39 is 14.6 Å². The largest absolute Gasteiger partial charge is 1.00 e. The number of rotatable bonds is 2. The molecule has 0 aromatic heterocycles. The summed E-state index contributed by atoms with van der Waals surface area (Å²) in [6.45, 7) is 0. The minimum absolute atomic E-state index is 0. The van der Waals surface area contributed by atoms with Gasteiger partial charge in [0.2, 0.25) is 0 Å². The van der Waals surface area contributed by atoms with Crippen LogP contribution in [0.3, 0.4) is 0 Å². The molecule has 0 aliphatic heterocycles. The van der Waals surface area contributed by atoms with Crippen molar-refractivity contribution in [3.05, 3.63) is 0 Å². The fourth-order valence-corrected chi connectivity index (χ4v) is 0.109. The summed E-state index contributed by atoms with van der Waals surface area (Å²) >= 11 is 0. The summed E-state index contributed by atoms with van der Waals surface area (Å²) in [6.07, 6.45) is 0. The molecule has 0 amide bonds.